The SMILES string of the molecule is COc1cccc(C(CN)Oc2ccc(F)cc2Cl)c1. The van der Waals surface area contributed by atoms with E-state index in [1.165, 1.54) is 18.2 Å². The summed E-state index contributed by atoms with van der Waals surface area (Å²) in [4.78, 5) is 0. The third-order valence-electron chi connectivity index (χ3n) is 2.84. The van der Waals surface area contributed by atoms with Gasteiger partial charge in [0.15, 0.2) is 0 Å². The lowest BCUT2D eigenvalue weighted by molar-refractivity contribution is 0.213. The molecule has 0 radical (unpaired) electrons. The molecular formula is C15H15ClFNO2. The van der Waals surface area contributed by atoms with Gasteiger partial charge in [-0.1, -0.05) is 23.7 Å². The van der Waals surface area contributed by atoms with Crippen LogP contribution in [0, 0.1) is 5.82 Å². The molecule has 0 amide bonds. The summed E-state index contributed by atoms with van der Waals surface area (Å²) in [6.45, 7) is 0.265. The van der Waals surface area contributed by atoms with Gasteiger partial charge in [-0.3, -0.25) is 0 Å². The second-order valence-corrected chi connectivity index (χ2v) is 4.60. The molecule has 3 nitrogen and oxygen atoms in total. The topological polar surface area (TPSA) is 44.5 Å². The van der Waals surface area contributed by atoms with Gasteiger partial charge in [0, 0.05) is 6.54 Å². The first-order valence-corrected chi connectivity index (χ1v) is 6.47. The van der Waals surface area contributed by atoms with Crippen molar-refractivity contribution in [2.75, 3.05) is 13.7 Å². The van der Waals surface area contributed by atoms with Crippen LogP contribution in [0.15, 0.2) is 42.5 Å². The molecule has 0 aliphatic rings. The first kappa shape index (κ1) is 14.6. The van der Waals surface area contributed by atoms with Crippen molar-refractivity contribution in [1.82, 2.24) is 0 Å². The van der Waals surface area contributed by atoms with Crippen molar-refractivity contribution >= 4 is 11.6 Å². The average molecular weight is 296 g/mol. The van der Waals surface area contributed by atoms with Crippen LogP contribution in [0.4, 0.5) is 4.39 Å². The smallest absolute Gasteiger partial charge is 0.139 e. The summed E-state index contributed by atoms with van der Waals surface area (Å²) in [6, 6.07) is 11.4. The molecule has 0 saturated carbocycles. The van der Waals surface area contributed by atoms with E-state index < -0.39 is 5.82 Å². The largest absolute Gasteiger partial charge is 0.497 e. The number of halogens is 2. The Balaban J connectivity index is 2.23. The summed E-state index contributed by atoms with van der Waals surface area (Å²) in [5.41, 5.74) is 6.61. The Bertz CT molecular complexity index is 592. The third-order valence-corrected chi connectivity index (χ3v) is 3.14. The van der Waals surface area contributed by atoms with Gasteiger partial charge in [-0.2, -0.15) is 0 Å². The normalized spacial score (nSPS) is 12.0. The third kappa shape index (κ3) is 3.40. The van der Waals surface area contributed by atoms with Gasteiger partial charge >= 0.3 is 0 Å². The molecule has 2 aromatic rings. The quantitative estimate of drug-likeness (QED) is 0.917. The van der Waals surface area contributed by atoms with Crippen LogP contribution >= 0.6 is 11.6 Å². The van der Waals surface area contributed by atoms with Crippen LogP contribution in [0.5, 0.6) is 11.5 Å². The van der Waals surface area contributed by atoms with E-state index >= 15 is 0 Å². The lowest BCUT2D eigenvalue weighted by atomic mass is 10.1. The average Bonchev–Trinajstić information content (AvgIpc) is 2.46. The molecule has 0 heterocycles. The van der Waals surface area contributed by atoms with Crippen LogP contribution < -0.4 is 15.2 Å². The van der Waals surface area contributed by atoms with Gasteiger partial charge in [-0.05, 0) is 35.9 Å². The van der Waals surface area contributed by atoms with Crippen LogP contribution in [0.3, 0.4) is 0 Å². The minimum absolute atomic E-state index is 0.214. The van der Waals surface area contributed by atoms with Gasteiger partial charge in [-0.25, -0.2) is 4.39 Å². The standard InChI is InChI=1S/C15H15ClFNO2/c1-19-12-4-2-3-10(7-12)15(9-18)20-14-6-5-11(17)8-13(14)16/h2-8,15H,9,18H2,1H3. The van der Waals surface area contributed by atoms with Crippen LogP contribution in [-0.2, 0) is 0 Å². The van der Waals surface area contributed by atoms with E-state index in [1.807, 2.05) is 24.3 Å². The van der Waals surface area contributed by atoms with Crippen molar-refractivity contribution in [3.8, 4) is 11.5 Å². The monoisotopic (exact) mass is 295 g/mol. The van der Waals surface area contributed by atoms with Crippen LogP contribution in [0.1, 0.15) is 11.7 Å². The minimum atomic E-state index is -0.409. The van der Waals surface area contributed by atoms with Crippen molar-refractivity contribution in [2.24, 2.45) is 5.73 Å². The fourth-order valence-corrected chi connectivity index (χ4v) is 2.03. The van der Waals surface area contributed by atoms with Crippen LogP contribution in [0.2, 0.25) is 5.02 Å². The molecule has 0 aliphatic carbocycles. The maximum atomic E-state index is 13.0. The molecule has 0 spiro atoms. The summed E-state index contributed by atoms with van der Waals surface area (Å²) in [7, 11) is 1.59. The number of nitrogens with two attached hydrogens (primary N) is 1. The van der Waals surface area contributed by atoms with E-state index in [0.717, 1.165) is 11.3 Å². The lowest BCUT2D eigenvalue weighted by Crippen LogP contribution is -2.18. The van der Waals surface area contributed by atoms with E-state index in [-0.39, 0.29) is 17.7 Å². The fourth-order valence-electron chi connectivity index (χ4n) is 1.82. The Morgan fingerprint density at radius 1 is 1.25 bits per heavy atom. The minimum Gasteiger partial charge on any atom is -0.497 e. The summed E-state index contributed by atoms with van der Waals surface area (Å²) >= 11 is 5.95. The first-order chi connectivity index (χ1) is 9.63. The molecule has 2 aromatic carbocycles. The maximum Gasteiger partial charge on any atom is 0.139 e. The van der Waals surface area contributed by atoms with Crippen molar-refractivity contribution in [1.29, 1.82) is 0 Å². The molecule has 0 aliphatic heterocycles. The fraction of sp³-hybridized carbons (Fsp3) is 0.200. The number of rotatable bonds is 5. The van der Waals surface area contributed by atoms with E-state index in [9.17, 15) is 4.39 Å². The molecular weight excluding hydrogens is 281 g/mol. The molecule has 0 saturated heterocycles. The molecule has 5 heteroatoms. The first-order valence-electron chi connectivity index (χ1n) is 6.09. The predicted molar refractivity (Wildman–Crippen MR) is 76.8 cm³/mol. The zero-order chi connectivity index (χ0) is 14.5. The molecule has 0 fully saturated rings. The number of ether oxygens (including phenoxy) is 2. The molecule has 106 valence electrons. The molecule has 20 heavy (non-hydrogen) atoms. The van der Waals surface area contributed by atoms with Gasteiger partial charge in [0.25, 0.3) is 0 Å². The Labute approximate surface area is 122 Å². The summed E-state index contributed by atoms with van der Waals surface area (Å²) in [6.07, 6.45) is -0.381. The van der Waals surface area contributed by atoms with E-state index in [2.05, 4.69) is 0 Å². The van der Waals surface area contributed by atoms with Gasteiger partial charge < -0.3 is 15.2 Å². The Kier molecular flexibility index (Phi) is 4.82. The molecule has 2 N–H and O–H groups in total. The van der Waals surface area contributed by atoms with Crippen molar-refractivity contribution < 1.29 is 13.9 Å². The van der Waals surface area contributed by atoms with E-state index in [1.54, 1.807) is 7.11 Å². The van der Waals surface area contributed by atoms with Crippen LogP contribution in [-0.4, -0.2) is 13.7 Å². The zero-order valence-electron chi connectivity index (χ0n) is 11.0. The summed E-state index contributed by atoms with van der Waals surface area (Å²) < 4.78 is 23.9. The van der Waals surface area contributed by atoms with Crippen molar-refractivity contribution in [2.45, 2.75) is 6.10 Å². The highest BCUT2D eigenvalue weighted by atomic mass is 35.5. The highest BCUT2D eigenvalue weighted by molar-refractivity contribution is 6.32. The predicted octanol–water partition coefficient (Wildman–Crippen LogP) is 3.57. The Morgan fingerprint density at radius 3 is 2.70 bits per heavy atom. The van der Waals surface area contributed by atoms with Gasteiger partial charge in [0.2, 0.25) is 0 Å². The van der Waals surface area contributed by atoms with Gasteiger partial charge in [0.1, 0.15) is 23.4 Å². The maximum absolute atomic E-state index is 13.0. The highest BCUT2D eigenvalue weighted by Gasteiger charge is 2.14. The second-order valence-electron chi connectivity index (χ2n) is 4.19. The summed E-state index contributed by atoms with van der Waals surface area (Å²) in [5, 5.41) is 0.214. The van der Waals surface area contributed by atoms with Crippen molar-refractivity contribution in [3.05, 3.63) is 58.9 Å². The van der Waals surface area contributed by atoms with Crippen LogP contribution in [0.25, 0.3) is 0 Å². The zero-order valence-corrected chi connectivity index (χ0v) is 11.7. The van der Waals surface area contributed by atoms with Crippen molar-refractivity contribution in [3.63, 3.8) is 0 Å². The molecule has 1 unspecified atom stereocenters. The Morgan fingerprint density at radius 2 is 2.05 bits per heavy atom. The highest BCUT2D eigenvalue weighted by Crippen LogP contribution is 2.30. The van der Waals surface area contributed by atoms with Gasteiger partial charge in [-0.15, -0.1) is 0 Å². The number of hydrogen-bond acceptors (Lipinski definition) is 3. The molecule has 0 aromatic heterocycles. The molecule has 0 bridgehead atoms. The second kappa shape index (κ2) is 6.59. The molecule has 1 atom stereocenters. The summed E-state index contributed by atoms with van der Waals surface area (Å²) in [5.74, 6) is 0.703. The molecule has 2 rings (SSSR count). The number of hydrogen-bond donors (Lipinski definition) is 1. The van der Waals surface area contributed by atoms with E-state index in [0.29, 0.717) is 5.75 Å². The number of benzene rings is 2. The Hall–Kier alpha value is -1.78. The van der Waals surface area contributed by atoms with E-state index in [4.69, 9.17) is 26.8 Å². The lowest BCUT2D eigenvalue weighted by Gasteiger charge is -2.19. The number of methoxy groups -OCH3 is 1. The van der Waals surface area contributed by atoms with Gasteiger partial charge in [0.05, 0.1) is 12.1 Å².